The van der Waals surface area contributed by atoms with Gasteiger partial charge in [-0.3, -0.25) is 4.72 Å². The van der Waals surface area contributed by atoms with Crippen molar-refractivity contribution >= 4 is 26.6 Å². The molecule has 0 aliphatic rings. The second-order valence-corrected chi connectivity index (χ2v) is 5.03. The first-order valence-corrected chi connectivity index (χ1v) is 6.13. The Kier molecular flexibility index (Phi) is 2.08. The summed E-state index contributed by atoms with van der Waals surface area (Å²) in [5, 5.41) is 10.1. The summed E-state index contributed by atoms with van der Waals surface area (Å²) in [6, 6.07) is 6.97. The van der Waals surface area contributed by atoms with E-state index in [-0.39, 0.29) is 0 Å². The van der Waals surface area contributed by atoms with Crippen molar-refractivity contribution in [3.8, 4) is 0 Å². The molecule has 0 fully saturated rings. The quantitative estimate of drug-likeness (QED) is 0.757. The molecule has 0 unspecified atom stereocenters. The first-order valence-electron chi connectivity index (χ1n) is 4.24. The van der Waals surface area contributed by atoms with Crippen LogP contribution in [0.5, 0.6) is 0 Å². The molecule has 1 aromatic heterocycles. The van der Waals surface area contributed by atoms with Gasteiger partial charge >= 0.3 is 0 Å². The van der Waals surface area contributed by atoms with E-state index in [9.17, 15) is 13.6 Å². The molecule has 2 N–H and O–H groups in total. The van der Waals surface area contributed by atoms with Crippen molar-refractivity contribution in [1.29, 1.82) is 0 Å². The minimum absolute atomic E-state index is 0.371. The van der Waals surface area contributed by atoms with Crippen LogP contribution in [-0.4, -0.2) is 24.6 Å². The highest BCUT2D eigenvalue weighted by Crippen LogP contribution is 2.25. The van der Waals surface area contributed by atoms with E-state index >= 15 is 0 Å². The van der Waals surface area contributed by atoms with Crippen LogP contribution >= 0.6 is 0 Å². The summed E-state index contributed by atoms with van der Waals surface area (Å²) in [7, 11) is -3.33. The number of benzene rings is 1. The molecule has 0 amide bonds. The highest BCUT2D eigenvalue weighted by atomic mass is 32.2. The Morgan fingerprint density at radius 1 is 1.33 bits per heavy atom. The third-order valence-electron chi connectivity index (χ3n) is 1.99. The van der Waals surface area contributed by atoms with Crippen molar-refractivity contribution in [3.63, 3.8) is 0 Å². The maximum absolute atomic E-state index is 11.1. The van der Waals surface area contributed by atoms with Gasteiger partial charge in [-0.15, -0.1) is 0 Å². The molecule has 15 heavy (non-hydrogen) atoms. The van der Waals surface area contributed by atoms with Crippen LogP contribution in [0.3, 0.4) is 0 Å². The Labute approximate surface area is 87.0 Å². The second-order valence-electron chi connectivity index (χ2n) is 3.28. The van der Waals surface area contributed by atoms with Crippen molar-refractivity contribution in [3.05, 3.63) is 30.5 Å². The average Bonchev–Trinajstić information content (AvgIpc) is 2.42. The van der Waals surface area contributed by atoms with Crippen LogP contribution in [-0.2, 0) is 10.0 Å². The number of fused-ring (bicyclic) bond motifs is 1. The molecule has 5 nitrogen and oxygen atoms in total. The maximum atomic E-state index is 11.1. The Morgan fingerprint density at radius 3 is 2.67 bits per heavy atom. The highest BCUT2D eigenvalue weighted by Gasteiger charge is 2.10. The Morgan fingerprint density at radius 2 is 2.00 bits per heavy atom. The number of aromatic nitrogens is 1. The van der Waals surface area contributed by atoms with E-state index in [0.29, 0.717) is 16.6 Å². The Bertz CT molecular complexity index is 601. The monoisotopic (exact) mass is 226 g/mol. The van der Waals surface area contributed by atoms with Crippen LogP contribution in [0.2, 0.25) is 0 Å². The van der Waals surface area contributed by atoms with Gasteiger partial charge in [-0.05, 0) is 6.07 Å². The summed E-state index contributed by atoms with van der Waals surface area (Å²) >= 11 is 0. The van der Waals surface area contributed by atoms with E-state index in [0.717, 1.165) is 11.0 Å². The summed E-state index contributed by atoms with van der Waals surface area (Å²) in [5.41, 5.74) is 0.930. The fourth-order valence-corrected chi connectivity index (χ4v) is 2.01. The minimum Gasteiger partial charge on any atom is -0.428 e. The number of sulfonamides is 1. The zero-order chi connectivity index (χ0) is 11.1. The summed E-state index contributed by atoms with van der Waals surface area (Å²) in [6.07, 6.45) is 2.39. The fourth-order valence-electron chi connectivity index (χ4n) is 1.44. The molecule has 0 saturated heterocycles. The molecule has 0 radical (unpaired) electrons. The molecule has 1 heterocycles. The van der Waals surface area contributed by atoms with Crippen molar-refractivity contribution in [1.82, 2.24) is 4.73 Å². The first-order chi connectivity index (χ1) is 6.97. The molecule has 6 heteroatoms. The standard InChI is InChI=1S/C9H10N2O3S/c1-15(13,14)10-8-6-11(12)9-5-3-2-4-7(8)9/h2-6,10,12H,1H3. The number of hydrogen-bond acceptors (Lipinski definition) is 3. The molecule has 0 aliphatic carbocycles. The van der Waals surface area contributed by atoms with Crippen molar-refractivity contribution in [2.75, 3.05) is 11.0 Å². The van der Waals surface area contributed by atoms with E-state index in [4.69, 9.17) is 0 Å². The lowest BCUT2D eigenvalue weighted by molar-refractivity contribution is 0.200. The zero-order valence-corrected chi connectivity index (χ0v) is 8.82. The highest BCUT2D eigenvalue weighted by molar-refractivity contribution is 7.92. The second kappa shape index (κ2) is 3.16. The van der Waals surface area contributed by atoms with Gasteiger partial charge in [0.1, 0.15) is 0 Å². The first kappa shape index (κ1) is 9.85. The smallest absolute Gasteiger partial charge is 0.229 e. The van der Waals surface area contributed by atoms with Crippen molar-refractivity contribution < 1.29 is 13.6 Å². The van der Waals surface area contributed by atoms with E-state index in [1.807, 2.05) is 0 Å². The Balaban J connectivity index is 2.62. The minimum atomic E-state index is -3.33. The molecular formula is C9H10N2O3S. The lowest BCUT2D eigenvalue weighted by atomic mass is 10.2. The molecule has 0 aliphatic heterocycles. The van der Waals surface area contributed by atoms with Gasteiger partial charge in [-0.1, -0.05) is 18.2 Å². The molecule has 2 aromatic rings. The molecule has 80 valence electrons. The van der Waals surface area contributed by atoms with Crippen molar-refractivity contribution in [2.45, 2.75) is 0 Å². The van der Waals surface area contributed by atoms with E-state index in [2.05, 4.69) is 4.72 Å². The number of rotatable bonds is 2. The van der Waals surface area contributed by atoms with Gasteiger partial charge in [0.05, 0.1) is 23.7 Å². The summed E-state index contributed by atoms with van der Waals surface area (Å²) in [4.78, 5) is 0. The molecule has 0 spiro atoms. The number of nitrogens with zero attached hydrogens (tertiary/aromatic N) is 1. The number of nitrogens with one attached hydrogen (secondary N) is 1. The molecular weight excluding hydrogens is 216 g/mol. The van der Waals surface area contributed by atoms with Gasteiger partial charge in [0.15, 0.2) is 0 Å². The Hall–Kier alpha value is -1.69. The van der Waals surface area contributed by atoms with Gasteiger partial charge in [-0.2, -0.15) is 4.73 Å². The number of hydrogen-bond donors (Lipinski definition) is 2. The normalized spacial score (nSPS) is 11.8. The maximum Gasteiger partial charge on any atom is 0.229 e. The largest absolute Gasteiger partial charge is 0.428 e. The van der Waals surface area contributed by atoms with E-state index in [1.165, 1.54) is 6.20 Å². The summed E-state index contributed by atoms with van der Waals surface area (Å²) < 4.78 is 25.3. The fraction of sp³-hybridized carbons (Fsp3) is 0.111. The van der Waals surface area contributed by atoms with Gasteiger partial charge in [0.25, 0.3) is 0 Å². The third-order valence-corrected chi connectivity index (χ3v) is 2.58. The topological polar surface area (TPSA) is 71.3 Å². The van der Waals surface area contributed by atoms with E-state index < -0.39 is 10.0 Å². The van der Waals surface area contributed by atoms with Crippen molar-refractivity contribution in [2.24, 2.45) is 0 Å². The van der Waals surface area contributed by atoms with Crippen LogP contribution in [0.1, 0.15) is 0 Å². The lowest BCUT2D eigenvalue weighted by Gasteiger charge is -1.99. The van der Waals surface area contributed by atoms with Gasteiger partial charge < -0.3 is 5.21 Å². The molecule has 0 atom stereocenters. The van der Waals surface area contributed by atoms with Crippen LogP contribution in [0.25, 0.3) is 10.9 Å². The van der Waals surface area contributed by atoms with Crippen LogP contribution in [0.15, 0.2) is 30.5 Å². The molecule has 0 saturated carbocycles. The average molecular weight is 226 g/mol. The molecule has 1 aromatic carbocycles. The van der Waals surface area contributed by atoms with Gasteiger partial charge in [0, 0.05) is 5.39 Å². The van der Waals surface area contributed by atoms with Crippen LogP contribution in [0, 0.1) is 0 Å². The summed E-state index contributed by atoms with van der Waals surface area (Å²) in [5.74, 6) is 0. The van der Waals surface area contributed by atoms with E-state index in [1.54, 1.807) is 24.3 Å². The molecule has 0 bridgehead atoms. The third kappa shape index (κ3) is 1.89. The lowest BCUT2D eigenvalue weighted by Crippen LogP contribution is -2.08. The van der Waals surface area contributed by atoms with Gasteiger partial charge in [-0.25, -0.2) is 8.42 Å². The van der Waals surface area contributed by atoms with Gasteiger partial charge in [0.2, 0.25) is 10.0 Å². The van der Waals surface area contributed by atoms with Crippen LogP contribution in [0.4, 0.5) is 5.69 Å². The van der Waals surface area contributed by atoms with Crippen LogP contribution < -0.4 is 4.72 Å². The predicted molar refractivity (Wildman–Crippen MR) is 57.6 cm³/mol. The number of para-hydroxylation sites is 1. The SMILES string of the molecule is CS(=O)(=O)Nc1cn(O)c2ccccc12. The molecule has 2 rings (SSSR count). The number of anilines is 1. The summed E-state index contributed by atoms with van der Waals surface area (Å²) in [6.45, 7) is 0. The predicted octanol–water partition coefficient (Wildman–Crippen LogP) is 1.25. The zero-order valence-electron chi connectivity index (χ0n) is 8.01.